The number of thiazole rings is 1. The largest absolute Gasteiger partial charge is 0.477 e. The molecule has 1 heterocycles. The summed E-state index contributed by atoms with van der Waals surface area (Å²) in [7, 11) is 0. The van der Waals surface area contributed by atoms with Crippen LogP contribution >= 0.6 is 11.3 Å². The van der Waals surface area contributed by atoms with Gasteiger partial charge in [0.1, 0.15) is 21.4 Å². The van der Waals surface area contributed by atoms with E-state index in [0.29, 0.717) is 10.7 Å². The Bertz CT molecular complexity index is 915. The molecule has 0 bridgehead atoms. The Hall–Kier alpha value is -2.66. The van der Waals surface area contributed by atoms with Crippen molar-refractivity contribution in [2.45, 2.75) is 20.8 Å². The Balaban J connectivity index is 1.90. The van der Waals surface area contributed by atoms with E-state index in [0.717, 1.165) is 28.2 Å². The number of hydrogen-bond donors (Lipinski definition) is 1. The second-order valence-electron chi connectivity index (χ2n) is 5.64. The third kappa shape index (κ3) is 3.31. The van der Waals surface area contributed by atoms with Gasteiger partial charge in [-0.05, 0) is 62.2 Å². The van der Waals surface area contributed by atoms with E-state index in [2.05, 4.69) is 4.98 Å². The van der Waals surface area contributed by atoms with Crippen molar-refractivity contribution in [2.75, 3.05) is 0 Å². The second kappa shape index (κ2) is 6.45. The topological polar surface area (TPSA) is 59.4 Å². The summed E-state index contributed by atoms with van der Waals surface area (Å²) in [4.78, 5) is 15.8. The lowest BCUT2D eigenvalue weighted by Crippen LogP contribution is -1.94. The average Bonchev–Trinajstić information content (AvgIpc) is 2.91. The van der Waals surface area contributed by atoms with Gasteiger partial charge in [-0.1, -0.05) is 12.1 Å². The van der Waals surface area contributed by atoms with E-state index in [1.165, 1.54) is 11.3 Å². The SMILES string of the molecule is Cc1cccc(Oc2ccc(-c3nc(C)c(C(=O)O)s3)cc2C)c1. The molecule has 0 fully saturated rings. The van der Waals surface area contributed by atoms with Gasteiger partial charge in [0.15, 0.2) is 0 Å². The predicted molar refractivity (Wildman–Crippen MR) is 95.2 cm³/mol. The Kier molecular flexibility index (Phi) is 4.36. The van der Waals surface area contributed by atoms with Gasteiger partial charge in [0, 0.05) is 5.56 Å². The molecule has 0 spiro atoms. The first-order valence-electron chi connectivity index (χ1n) is 7.50. The van der Waals surface area contributed by atoms with Crippen molar-refractivity contribution >= 4 is 17.3 Å². The Labute approximate surface area is 144 Å². The van der Waals surface area contributed by atoms with Crippen LogP contribution in [-0.4, -0.2) is 16.1 Å². The molecule has 2 aromatic carbocycles. The smallest absolute Gasteiger partial charge is 0.347 e. The van der Waals surface area contributed by atoms with E-state index in [1.807, 2.05) is 56.3 Å². The minimum absolute atomic E-state index is 0.280. The van der Waals surface area contributed by atoms with Crippen LogP contribution in [0, 0.1) is 20.8 Å². The number of benzene rings is 2. The molecular weight excluding hydrogens is 322 g/mol. The van der Waals surface area contributed by atoms with Gasteiger partial charge in [0.05, 0.1) is 5.69 Å². The normalized spacial score (nSPS) is 10.6. The van der Waals surface area contributed by atoms with E-state index < -0.39 is 5.97 Å². The quantitative estimate of drug-likeness (QED) is 0.707. The number of ether oxygens (including phenoxy) is 1. The highest BCUT2D eigenvalue weighted by atomic mass is 32.1. The van der Waals surface area contributed by atoms with Crippen molar-refractivity contribution in [1.82, 2.24) is 4.98 Å². The fourth-order valence-electron chi connectivity index (χ4n) is 2.42. The van der Waals surface area contributed by atoms with Gasteiger partial charge in [-0.3, -0.25) is 0 Å². The summed E-state index contributed by atoms with van der Waals surface area (Å²) in [6.45, 7) is 5.70. The van der Waals surface area contributed by atoms with Crippen LogP contribution in [0.25, 0.3) is 10.6 Å². The van der Waals surface area contributed by atoms with E-state index >= 15 is 0 Å². The lowest BCUT2D eigenvalue weighted by Gasteiger charge is -2.10. The highest BCUT2D eigenvalue weighted by Gasteiger charge is 2.15. The van der Waals surface area contributed by atoms with Gasteiger partial charge in [-0.2, -0.15) is 0 Å². The monoisotopic (exact) mass is 339 g/mol. The van der Waals surface area contributed by atoms with Crippen molar-refractivity contribution in [2.24, 2.45) is 0 Å². The Morgan fingerprint density at radius 1 is 1.12 bits per heavy atom. The highest BCUT2D eigenvalue weighted by molar-refractivity contribution is 7.17. The van der Waals surface area contributed by atoms with Gasteiger partial charge in [-0.25, -0.2) is 9.78 Å². The molecule has 1 N–H and O–H groups in total. The molecule has 5 heteroatoms. The number of aromatic carboxylic acids is 1. The minimum Gasteiger partial charge on any atom is -0.477 e. The number of rotatable bonds is 4. The first-order valence-corrected chi connectivity index (χ1v) is 8.32. The summed E-state index contributed by atoms with van der Waals surface area (Å²) >= 11 is 1.19. The number of aryl methyl sites for hydroxylation is 3. The number of carbonyl (C=O) groups is 1. The molecular formula is C19H17NO3S. The van der Waals surface area contributed by atoms with Crippen molar-refractivity contribution in [3.05, 3.63) is 64.2 Å². The van der Waals surface area contributed by atoms with Crippen molar-refractivity contribution < 1.29 is 14.6 Å². The van der Waals surface area contributed by atoms with Gasteiger partial charge < -0.3 is 9.84 Å². The minimum atomic E-state index is -0.938. The lowest BCUT2D eigenvalue weighted by atomic mass is 10.1. The van der Waals surface area contributed by atoms with Crippen molar-refractivity contribution in [1.29, 1.82) is 0 Å². The molecule has 1 aromatic heterocycles. The fourth-order valence-corrected chi connectivity index (χ4v) is 3.32. The van der Waals surface area contributed by atoms with Gasteiger partial charge in [0.25, 0.3) is 0 Å². The number of hydrogen-bond acceptors (Lipinski definition) is 4. The molecule has 0 aliphatic rings. The molecule has 122 valence electrons. The third-order valence-electron chi connectivity index (χ3n) is 3.63. The molecule has 0 radical (unpaired) electrons. The standard InChI is InChI=1S/C19H17NO3S/c1-11-5-4-6-15(9-11)23-16-8-7-14(10-12(16)2)18-20-13(3)17(24-18)19(21)22/h4-10H,1-3H3,(H,21,22). The number of aromatic nitrogens is 1. The maximum Gasteiger partial charge on any atom is 0.347 e. The van der Waals surface area contributed by atoms with E-state index in [9.17, 15) is 4.79 Å². The highest BCUT2D eigenvalue weighted by Crippen LogP contribution is 2.32. The summed E-state index contributed by atoms with van der Waals surface area (Å²) in [6, 6.07) is 13.6. The molecule has 4 nitrogen and oxygen atoms in total. The fraction of sp³-hybridized carbons (Fsp3) is 0.158. The van der Waals surface area contributed by atoms with Crippen LogP contribution in [0.3, 0.4) is 0 Å². The number of carboxylic acid groups (broad SMARTS) is 1. The van der Waals surface area contributed by atoms with Gasteiger partial charge in [-0.15, -0.1) is 11.3 Å². The van der Waals surface area contributed by atoms with Crippen LogP contribution in [0.1, 0.15) is 26.5 Å². The molecule has 3 rings (SSSR count). The van der Waals surface area contributed by atoms with Crippen LogP contribution in [0.2, 0.25) is 0 Å². The summed E-state index contributed by atoms with van der Waals surface area (Å²) in [6.07, 6.45) is 0. The maximum absolute atomic E-state index is 11.2. The van der Waals surface area contributed by atoms with E-state index in [-0.39, 0.29) is 4.88 Å². The van der Waals surface area contributed by atoms with E-state index in [4.69, 9.17) is 9.84 Å². The zero-order chi connectivity index (χ0) is 17.3. The molecule has 0 aliphatic heterocycles. The summed E-state index contributed by atoms with van der Waals surface area (Å²) in [5.41, 5.74) is 3.55. The molecule has 3 aromatic rings. The molecule has 0 saturated heterocycles. The first kappa shape index (κ1) is 16.2. The van der Waals surface area contributed by atoms with Crippen molar-refractivity contribution in [3.63, 3.8) is 0 Å². The Morgan fingerprint density at radius 2 is 1.92 bits per heavy atom. The zero-order valence-electron chi connectivity index (χ0n) is 13.7. The van der Waals surface area contributed by atoms with Crippen LogP contribution in [0.4, 0.5) is 0 Å². The maximum atomic E-state index is 11.2. The predicted octanol–water partition coefficient (Wildman–Crippen LogP) is 5.23. The average molecular weight is 339 g/mol. The van der Waals surface area contributed by atoms with Crippen LogP contribution in [-0.2, 0) is 0 Å². The summed E-state index contributed by atoms with van der Waals surface area (Å²) in [5.74, 6) is 0.632. The Morgan fingerprint density at radius 3 is 2.54 bits per heavy atom. The molecule has 0 atom stereocenters. The number of carboxylic acids is 1. The van der Waals surface area contributed by atoms with Crippen molar-refractivity contribution in [3.8, 4) is 22.1 Å². The molecule has 0 aliphatic carbocycles. The zero-order valence-corrected chi connectivity index (χ0v) is 14.5. The molecule has 0 amide bonds. The molecule has 0 saturated carbocycles. The molecule has 24 heavy (non-hydrogen) atoms. The lowest BCUT2D eigenvalue weighted by molar-refractivity contribution is 0.0701. The van der Waals surface area contributed by atoms with Gasteiger partial charge in [0.2, 0.25) is 0 Å². The van der Waals surface area contributed by atoms with Crippen LogP contribution in [0.5, 0.6) is 11.5 Å². The molecule has 0 unspecified atom stereocenters. The third-order valence-corrected chi connectivity index (χ3v) is 4.82. The van der Waals surface area contributed by atoms with Gasteiger partial charge >= 0.3 is 5.97 Å². The van der Waals surface area contributed by atoms with Crippen LogP contribution < -0.4 is 4.74 Å². The van der Waals surface area contributed by atoms with E-state index in [1.54, 1.807) is 6.92 Å². The first-order chi connectivity index (χ1) is 11.4. The second-order valence-corrected chi connectivity index (χ2v) is 6.64. The van der Waals surface area contributed by atoms with Crippen LogP contribution in [0.15, 0.2) is 42.5 Å². The summed E-state index contributed by atoms with van der Waals surface area (Å²) in [5, 5.41) is 9.87. The summed E-state index contributed by atoms with van der Waals surface area (Å²) < 4.78 is 5.94. The number of nitrogens with zero attached hydrogens (tertiary/aromatic N) is 1.